The third kappa shape index (κ3) is 3.01. The molecule has 0 saturated heterocycles. The first-order chi connectivity index (χ1) is 7.96. The fourth-order valence-corrected chi connectivity index (χ4v) is 2.39. The Kier molecular flexibility index (Phi) is 3.12. The zero-order chi connectivity index (χ0) is 12.5. The number of aryl methyl sites for hydroxylation is 1. The van der Waals surface area contributed by atoms with Gasteiger partial charge in [0, 0.05) is 23.3 Å². The van der Waals surface area contributed by atoms with Crippen molar-refractivity contribution in [3.63, 3.8) is 0 Å². The van der Waals surface area contributed by atoms with Crippen LogP contribution in [0.2, 0.25) is 0 Å². The summed E-state index contributed by atoms with van der Waals surface area (Å²) in [4.78, 5) is 0. The Labute approximate surface area is 103 Å². The summed E-state index contributed by atoms with van der Waals surface area (Å²) in [6.45, 7) is 0. The molecule has 6 nitrogen and oxygen atoms in total. The molecule has 0 N–H and O–H groups in total. The molecule has 17 heavy (non-hydrogen) atoms. The van der Waals surface area contributed by atoms with Crippen LogP contribution >= 0.6 is 10.7 Å². The van der Waals surface area contributed by atoms with Crippen LogP contribution in [0.4, 0.5) is 0 Å². The Morgan fingerprint density at radius 2 is 1.94 bits per heavy atom. The van der Waals surface area contributed by atoms with Crippen LogP contribution < -0.4 is 0 Å². The van der Waals surface area contributed by atoms with Gasteiger partial charge in [0.1, 0.15) is 0 Å². The molecule has 90 valence electrons. The number of nitrogens with zero attached hydrogens (tertiary/aromatic N) is 4. The maximum absolute atomic E-state index is 10.9. The van der Waals surface area contributed by atoms with E-state index in [0.29, 0.717) is 11.4 Å². The SMILES string of the molecule is Cn1nnnc1-c1ccc(CS(=O)(=O)Cl)cc1. The van der Waals surface area contributed by atoms with Crippen LogP contribution in [0.5, 0.6) is 0 Å². The zero-order valence-corrected chi connectivity index (χ0v) is 10.5. The number of hydrogen-bond acceptors (Lipinski definition) is 5. The van der Waals surface area contributed by atoms with Gasteiger partial charge in [0.2, 0.25) is 9.05 Å². The summed E-state index contributed by atoms with van der Waals surface area (Å²) in [7, 11) is 3.37. The number of tetrazole rings is 1. The molecule has 2 rings (SSSR count). The third-order valence-electron chi connectivity index (χ3n) is 2.17. The maximum Gasteiger partial charge on any atom is 0.236 e. The smallest absolute Gasteiger partial charge is 0.229 e. The molecule has 8 heteroatoms. The van der Waals surface area contributed by atoms with E-state index in [4.69, 9.17) is 10.7 Å². The third-order valence-corrected chi connectivity index (χ3v) is 3.18. The highest BCUT2D eigenvalue weighted by molar-refractivity contribution is 8.13. The molecule has 0 aliphatic heterocycles. The van der Waals surface area contributed by atoms with Crippen LogP contribution in [0.3, 0.4) is 0 Å². The predicted octanol–water partition coefficient (Wildman–Crippen LogP) is 0.946. The van der Waals surface area contributed by atoms with Gasteiger partial charge in [0.05, 0.1) is 5.75 Å². The minimum Gasteiger partial charge on any atom is -0.229 e. The van der Waals surface area contributed by atoms with Gasteiger partial charge < -0.3 is 0 Å². The van der Waals surface area contributed by atoms with E-state index in [-0.39, 0.29) is 5.75 Å². The average Bonchev–Trinajstić information content (AvgIpc) is 2.63. The molecule has 0 unspecified atom stereocenters. The van der Waals surface area contributed by atoms with Gasteiger partial charge in [-0.3, -0.25) is 0 Å². The number of benzene rings is 1. The highest BCUT2D eigenvalue weighted by Gasteiger charge is 2.09. The summed E-state index contributed by atoms with van der Waals surface area (Å²) in [6, 6.07) is 6.88. The van der Waals surface area contributed by atoms with E-state index in [0.717, 1.165) is 5.56 Å². The van der Waals surface area contributed by atoms with E-state index < -0.39 is 9.05 Å². The lowest BCUT2D eigenvalue weighted by molar-refractivity contribution is 0.609. The molecular formula is C9H9ClN4O2S. The Morgan fingerprint density at radius 1 is 1.29 bits per heavy atom. The second-order valence-corrected chi connectivity index (χ2v) is 6.28. The topological polar surface area (TPSA) is 77.7 Å². The van der Waals surface area contributed by atoms with Crippen molar-refractivity contribution in [1.82, 2.24) is 20.2 Å². The number of halogens is 1. The number of aromatic nitrogens is 4. The molecule has 0 fully saturated rings. The fraction of sp³-hybridized carbons (Fsp3) is 0.222. The average molecular weight is 273 g/mol. The lowest BCUT2D eigenvalue weighted by atomic mass is 10.1. The first-order valence-corrected chi connectivity index (χ1v) is 7.17. The molecule has 0 saturated carbocycles. The molecule has 1 heterocycles. The predicted molar refractivity (Wildman–Crippen MR) is 62.7 cm³/mol. The quantitative estimate of drug-likeness (QED) is 0.777. The van der Waals surface area contributed by atoms with Crippen molar-refractivity contribution in [2.75, 3.05) is 0 Å². The van der Waals surface area contributed by atoms with Gasteiger partial charge in [-0.15, -0.1) is 5.10 Å². The van der Waals surface area contributed by atoms with E-state index in [2.05, 4.69) is 15.5 Å². The molecule has 0 spiro atoms. The Bertz CT molecular complexity index is 621. The van der Waals surface area contributed by atoms with Gasteiger partial charge in [-0.05, 0) is 16.0 Å². The minimum absolute atomic E-state index is 0.189. The van der Waals surface area contributed by atoms with Gasteiger partial charge in [0.15, 0.2) is 5.82 Å². The highest BCUT2D eigenvalue weighted by atomic mass is 35.7. The van der Waals surface area contributed by atoms with E-state index in [9.17, 15) is 8.42 Å². The largest absolute Gasteiger partial charge is 0.236 e. The van der Waals surface area contributed by atoms with Crippen molar-refractivity contribution in [1.29, 1.82) is 0 Å². The fourth-order valence-electron chi connectivity index (χ4n) is 1.42. The Balaban J connectivity index is 2.28. The summed E-state index contributed by atoms with van der Waals surface area (Å²) >= 11 is 0. The molecule has 1 aromatic heterocycles. The van der Waals surface area contributed by atoms with Crippen LogP contribution in [-0.2, 0) is 21.9 Å². The van der Waals surface area contributed by atoms with Crippen molar-refractivity contribution in [2.24, 2.45) is 7.05 Å². The summed E-state index contributed by atoms with van der Waals surface area (Å²) in [5, 5.41) is 11.1. The Hall–Kier alpha value is -1.47. The van der Waals surface area contributed by atoms with E-state index in [1.54, 1.807) is 31.3 Å². The van der Waals surface area contributed by atoms with Gasteiger partial charge >= 0.3 is 0 Å². The van der Waals surface area contributed by atoms with Gasteiger partial charge in [-0.25, -0.2) is 13.1 Å². The maximum atomic E-state index is 10.9. The lowest BCUT2D eigenvalue weighted by Crippen LogP contribution is -1.97. The number of hydrogen-bond donors (Lipinski definition) is 0. The van der Waals surface area contributed by atoms with Gasteiger partial charge in [0.25, 0.3) is 0 Å². The van der Waals surface area contributed by atoms with Gasteiger partial charge in [-0.2, -0.15) is 0 Å². The molecule has 0 radical (unpaired) electrons. The van der Waals surface area contributed by atoms with Crippen molar-refractivity contribution >= 4 is 19.7 Å². The molecule has 0 bridgehead atoms. The van der Waals surface area contributed by atoms with Crippen LogP contribution in [0.25, 0.3) is 11.4 Å². The van der Waals surface area contributed by atoms with E-state index >= 15 is 0 Å². The minimum atomic E-state index is -3.53. The van der Waals surface area contributed by atoms with Crippen molar-refractivity contribution in [3.05, 3.63) is 29.8 Å². The summed E-state index contributed by atoms with van der Waals surface area (Å²) in [5.41, 5.74) is 1.44. The standard InChI is InChI=1S/C9H9ClN4O2S/c1-14-9(11-12-13-14)8-4-2-7(3-5-8)6-17(10,15)16/h2-5H,6H2,1H3. The molecular weight excluding hydrogens is 264 g/mol. The van der Waals surface area contributed by atoms with Crippen LogP contribution in [0, 0.1) is 0 Å². The Morgan fingerprint density at radius 3 is 2.41 bits per heavy atom. The molecule has 0 amide bonds. The second kappa shape index (κ2) is 4.42. The van der Waals surface area contributed by atoms with Gasteiger partial charge in [-0.1, -0.05) is 24.3 Å². The number of rotatable bonds is 3. The van der Waals surface area contributed by atoms with Crippen LogP contribution in [-0.4, -0.2) is 28.6 Å². The molecule has 1 aromatic carbocycles. The summed E-state index contributed by atoms with van der Waals surface area (Å²) < 4.78 is 23.3. The van der Waals surface area contributed by atoms with Crippen molar-refractivity contribution in [2.45, 2.75) is 5.75 Å². The van der Waals surface area contributed by atoms with E-state index in [1.165, 1.54) is 4.68 Å². The molecule has 0 aliphatic rings. The summed E-state index contributed by atoms with van der Waals surface area (Å²) in [5.74, 6) is 0.427. The second-order valence-electron chi connectivity index (χ2n) is 3.51. The monoisotopic (exact) mass is 272 g/mol. The molecule has 0 aliphatic carbocycles. The lowest BCUT2D eigenvalue weighted by Gasteiger charge is -2.01. The first kappa shape index (κ1) is 12.0. The van der Waals surface area contributed by atoms with E-state index in [1.807, 2.05) is 0 Å². The first-order valence-electron chi connectivity index (χ1n) is 4.70. The van der Waals surface area contributed by atoms with Crippen molar-refractivity contribution < 1.29 is 8.42 Å². The van der Waals surface area contributed by atoms with Crippen LogP contribution in [0.15, 0.2) is 24.3 Å². The summed E-state index contributed by atoms with van der Waals surface area (Å²) in [6.07, 6.45) is 0. The highest BCUT2D eigenvalue weighted by Crippen LogP contribution is 2.17. The molecule has 0 atom stereocenters. The van der Waals surface area contributed by atoms with Crippen molar-refractivity contribution in [3.8, 4) is 11.4 Å². The zero-order valence-electron chi connectivity index (χ0n) is 8.91. The molecule has 2 aromatic rings. The normalized spacial score (nSPS) is 11.6. The van der Waals surface area contributed by atoms with Crippen LogP contribution in [0.1, 0.15) is 5.56 Å².